The molecule has 1 aliphatic heterocycles. The lowest BCUT2D eigenvalue weighted by Gasteiger charge is -2.29. The predicted molar refractivity (Wildman–Crippen MR) is 65.4 cm³/mol. The molecule has 1 nitrogen and oxygen atoms in total. The third kappa shape index (κ3) is 1.91. The highest BCUT2D eigenvalue weighted by Crippen LogP contribution is 2.35. The third-order valence-electron chi connectivity index (χ3n) is 3.57. The largest absolute Gasteiger partial charge is 0.307 e. The van der Waals surface area contributed by atoms with Crippen molar-refractivity contribution in [3.63, 3.8) is 0 Å². The van der Waals surface area contributed by atoms with E-state index in [1.54, 1.807) is 0 Å². The van der Waals surface area contributed by atoms with Gasteiger partial charge < -0.3 is 5.32 Å². The number of benzene rings is 1. The fraction of sp³-hybridized carbons (Fsp3) is 0.538. The Morgan fingerprint density at radius 2 is 2.27 bits per heavy atom. The van der Waals surface area contributed by atoms with Crippen LogP contribution in [0.15, 0.2) is 18.2 Å². The van der Waals surface area contributed by atoms with Crippen molar-refractivity contribution in [3.8, 4) is 0 Å². The minimum Gasteiger partial charge on any atom is -0.307 e. The van der Waals surface area contributed by atoms with E-state index in [0.717, 1.165) is 23.6 Å². The molecule has 1 aromatic rings. The van der Waals surface area contributed by atoms with Crippen LogP contribution in [-0.2, 0) is 5.54 Å². The Morgan fingerprint density at radius 3 is 2.80 bits per heavy atom. The second kappa shape index (κ2) is 4.15. The summed E-state index contributed by atoms with van der Waals surface area (Å²) in [4.78, 5) is 0. The number of halogens is 1. The topological polar surface area (TPSA) is 12.0 Å². The predicted octanol–water partition coefficient (Wildman–Crippen LogP) is 3.64. The average molecular weight is 224 g/mol. The summed E-state index contributed by atoms with van der Waals surface area (Å²) in [6, 6.07) is 6.46. The van der Waals surface area contributed by atoms with Crippen molar-refractivity contribution in [2.45, 2.75) is 38.6 Å². The molecule has 0 spiro atoms. The van der Waals surface area contributed by atoms with Crippen molar-refractivity contribution in [3.05, 3.63) is 34.3 Å². The van der Waals surface area contributed by atoms with Gasteiger partial charge in [-0.1, -0.05) is 30.7 Å². The number of hydrogen-bond acceptors (Lipinski definition) is 1. The number of aryl methyl sites for hydroxylation is 1. The second-order valence-electron chi connectivity index (χ2n) is 4.43. The van der Waals surface area contributed by atoms with Gasteiger partial charge in [0.05, 0.1) is 0 Å². The van der Waals surface area contributed by atoms with E-state index in [-0.39, 0.29) is 5.54 Å². The normalized spacial score (nSPS) is 25.8. The SMILES string of the molecule is CCC1(c2ccc(C)c(Cl)c2)CCCN1. The van der Waals surface area contributed by atoms with Gasteiger partial charge in [0.2, 0.25) is 0 Å². The highest BCUT2D eigenvalue weighted by Gasteiger charge is 2.33. The lowest BCUT2D eigenvalue weighted by molar-refractivity contribution is 0.376. The van der Waals surface area contributed by atoms with E-state index in [0.29, 0.717) is 0 Å². The number of rotatable bonds is 2. The smallest absolute Gasteiger partial charge is 0.0438 e. The Balaban J connectivity index is 2.38. The number of hydrogen-bond donors (Lipinski definition) is 1. The first kappa shape index (κ1) is 11.0. The molecule has 82 valence electrons. The molecule has 1 N–H and O–H groups in total. The van der Waals surface area contributed by atoms with Gasteiger partial charge in [0.25, 0.3) is 0 Å². The van der Waals surface area contributed by atoms with Crippen LogP contribution in [0.4, 0.5) is 0 Å². The van der Waals surface area contributed by atoms with E-state index < -0.39 is 0 Å². The standard InChI is InChI=1S/C13H18ClN/c1-3-13(7-4-8-15-13)11-6-5-10(2)12(14)9-11/h5-6,9,15H,3-4,7-8H2,1-2H3. The summed E-state index contributed by atoms with van der Waals surface area (Å²) >= 11 is 6.18. The van der Waals surface area contributed by atoms with Crippen LogP contribution in [0.2, 0.25) is 5.02 Å². The first-order valence-electron chi connectivity index (χ1n) is 5.69. The van der Waals surface area contributed by atoms with E-state index in [1.165, 1.54) is 18.4 Å². The quantitative estimate of drug-likeness (QED) is 0.808. The van der Waals surface area contributed by atoms with Crippen LogP contribution < -0.4 is 5.32 Å². The second-order valence-corrected chi connectivity index (χ2v) is 4.84. The van der Waals surface area contributed by atoms with Crippen LogP contribution >= 0.6 is 11.6 Å². The summed E-state index contributed by atoms with van der Waals surface area (Å²) < 4.78 is 0. The Kier molecular flexibility index (Phi) is 3.03. The molecule has 0 aliphatic carbocycles. The molecule has 2 heteroatoms. The molecule has 1 aliphatic rings. The van der Waals surface area contributed by atoms with Crippen molar-refractivity contribution in [2.24, 2.45) is 0 Å². The summed E-state index contributed by atoms with van der Waals surface area (Å²) in [7, 11) is 0. The average Bonchev–Trinajstić information content (AvgIpc) is 2.72. The Labute approximate surface area is 96.8 Å². The first-order valence-corrected chi connectivity index (χ1v) is 6.07. The molecular formula is C13H18ClN. The van der Waals surface area contributed by atoms with E-state index in [1.807, 2.05) is 6.92 Å². The molecular weight excluding hydrogens is 206 g/mol. The highest BCUT2D eigenvalue weighted by atomic mass is 35.5. The monoisotopic (exact) mass is 223 g/mol. The van der Waals surface area contributed by atoms with Gasteiger partial charge in [0, 0.05) is 10.6 Å². The van der Waals surface area contributed by atoms with Gasteiger partial charge in [-0.15, -0.1) is 0 Å². The maximum Gasteiger partial charge on any atom is 0.0438 e. The van der Waals surface area contributed by atoms with Gasteiger partial charge in [-0.3, -0.25) is 0 Å². The zero-order valence-corrected chi connectivity index (χ0v) is 10.2. The summed E-state index contributed by atoms with van der Waals surface area (Å²) in [6.45, 7) is 5.41. The summed E-state index contributed by atoms with van der Waals surface area (Å²) in [5.74, 6) is 0. The van der Waals surface area contributed by atoms with Crippen LogP contribution in [0.3, 0.4) is 0 Å². The molecule has 0 amide bonds. The molecule has 1 heterocycles. The minimum absolute atomic E-state index is 0.178. The molecule has 0 bridgehead atoms. The van der Waals surface area contributed by atoms with Crippen LogP contribution in [0.1, 0.15) is 37.3 Å². The van der Waals surface area contributed by atoms with Crippen LogP contribution in [0, 0.1) is 6.92 Å². The van der Waals surface area contributed by atoms with Crippen LogP contribution in [0.25, 0.3) is 0 Å². The lowest BCUT2D eigenvalue weighted by atomic mass is 9.85. The maximum atomic E-state index is 6.18. The van der Waals surface area contributed by atoms with E-state index in [4.69, 9.17) is 11.6 Å². The molecule has 15 heavy (non-hydrogen) atoms. The van der Waals surface area contributed by atoms with E-state index in [2.05, 4.69) is 30.4 Å². The van der Waals surface area contributed by atoms with E-state index >= 15 is 0 Å². The summed E-state index contributed by atoms with van der Waals surface area (Å²) in [6.07, 6.45) is 3.62. The molecule has 1 aromatic carbocycles. The van der Waals surface area contributed by atoms with Crippen LogP contribution in [0.5, 0.6) is 0 Å². The zero-order chi connectivity index (χ0) is 10.9. The molecule has 1 fully saturated rings. The Morgan fingerprint density at radius 1 is 1.47 bits per heavy atom. The molecule has 0 aromatic heterocycles. The van der Waals surface area contributed by atoms with Crippen molar-refractivity contribution in [1.29, 1.82) is 0 Å². The first-order chi connectivity index (χ1) is 7.18. The zero-order valence-electron chi connectivity index (χ0n) is 9.44. The molecule has 2 rings (SSSR count). The molecule has 0 saturated carbocycles. The van der Waals surface area contributed by atoms with Crippen molar-refractivity contribution >= 4 is 11.6 Å². The summed E-state index contributed by atoms with van der Waals surface area (Å²) in [5, 5.41) is 4.51. The van der Waals surface area contributed by atoms with E-state index in [9.17, 15) is 0 Å². The minimum atomic E-state index is 0.178. The highest BCUT2D eigenvalue weighted by molar-refractivity contribution is 6.31. The van der Waals surface area contributed by atoms with Gasteiger partial charge in [-0.2, -0.15) is 0 Å². The molecule has 0 radical (unpaired) electrons. The summed E-state index contributed by atoms with van der Waals surface area (Å²) in [5.41, 5.74) is 2.68. The van der Waals surface area contributed by atoms with Gasteiger partial charge in [-0.25, -0.2) is 0 Å². The molecule has 1 unspecified atom stereocenters. The molecule has 1 atom stereocenters. The fourth-order valence-corrected chi connectivity index (χ4v) is 2.63. The lowest BCUT2D eigenvalue weighted by Crippen LogP contribution is -2.35. The van der Waals surface area contributed by atoms with Crippen molar-refractivity contribution < 1.29 is 0 Å². The van der Waals surface area contributed by atoms with Gasteiger partial charge in [-0.05, 0) is 49.9 Å². The van der Waals surface area contributed by atoms with Gasteiger partial charge in [0.15, 0.2) is 0 Å². The van der Waals surface area contributed by atoms with Gasteiger partial charge >= 0.3 is 0 Å². The maximum absolute atomic E-state index is 6.18. The third-order valence-corrected chi connectivity index (χ3v) is 3.98. The van der Waals surface area contributed by atoms with Gasteiger partial charge in [0.1, 0.15) is 0 Å². The molecule has 1 saturated heterocycles. The number of nitrogens with one attached hydrogen (secondary N) is 1. The van der Waals surface area contributed by atoms with Crippen molar-refractivity contribution in [1.82, 2.24) is 5.32 Å². The Hall–Kier alpha value is -0.530. The van der Waals surface area contributed by atoms with Crippen molar-refractivity contribution in [2.75, 3.05) is 6.54 Å². The fourth-order valence-electron chi connectivity index (χ4n) is 2.45. The van der Waals surface area contributed by atoms with Crippen LogP contribution in [-0.4, -0.2) is 6.54 Å². The Bertz CT molecular complexity index is 354.